The maximum atomic E-state index is 11.5. The Kier molecular flexibility index (Phi) is 2.51. The molecule has 0 amide bonds. The third kappa shape index (κ3) is 1.71. The number of hydrogen-bond donors (Lipinski definition) is 1. The Morgan fingerprint density at radius 2 is 2.12 bits per heavy atom. The summed E-state index contributed by atoms with van der Waals surface area (Å²) in [5, 5.41) is 10.6. The highest BCUT2D eigenvalue weighted by Crippen LogP contribution is 2.17. The maximum Gasteiger partial charge on any atom is 0.316 e. The molecule has 0 atom stereocenters. The minimum Gasteiger partial charge on any atom is -0.316 e. The van der Waals surface area contributed by atoms with Crippen molar-refractivity contribution in [3.8, 4) is 0 Å². The molecule has 1 aromatic carbocycles. The van der Waals surface area contributed by atoms with Gasteiger partial charge in [-0.2, -0.15) is 0 Å². The van der Waals surface area contributed by atoms with E-state index in [1.54, 1.807) is 6.92 Å². The van der Waals surface area contributed by atoms with E-state index in [9.17, 15) is 19.7 Å². The van der Waals surface area contributed by atoms with Crippen molar-refractivity contribution in [3.63, 3.8) is 0 Å². The molecular weight excluding hydrogens is 226 g/mol. The fourth-order valence-electron chi connectivity index (χ4n) is 1.68. The zero-order valence-corrected chi connectivity index (χ0v) is 8.97. The first-order valence-corrected chi connectivity index (χ1v) is 4.96. The van der Waals surface area contributed by atoms with Crippen molar-refractivity contribution in [1.29, 1.82) is 0 Å². The highest BCUT2D eigenvalue weighted by atomic mass is 16.6. The van der Waals surface area contributed by atoms with Crippen LogP contribution in [0.1, 0.15) is 6.92 Å². The first-order valence-electron chi connectivity index (χ1n) is 4.96. The van der Waals surface area contributed by atoms with Gasteiger partial charge in [0.2, 0.25) is 0 Å². The zero-order valence-electron chi connectivity index (χ0n) is 8.97. The molecule has 1 aromatic heterocycles. The molecule has 0 fully saturated rings. The number of rotatable bonds is 2. The van der Waals surface area contributed by atoms with Crippen LogP contribution in [0.4, 0.5) is 5.69 Å². The normalized spacial score (nSPS) is 10.6. The number of H-pyrrole nitrogens is 1. The molecule has 0 radical (unpaired) electrons. The third-order valence-corrected chi connectivity index (χ3v) is 2.49. The predicted octanol–water partition coefficient (Wildman–Crippen LogP) is 0.618. The van der Waals surface area contributed by atoms with Crippen LogP contribution in [0.5, 0.6) is 0 Å². The van der Waals surface area contributed by atoms with E-state index in [1.807, 2.05) is 0 Å². The van der Waals surface area contributed by atoms with E-state index in [1.165, 1.54) is 22.8 Å². The van der Waals surface area contributed by atoms with E-state index < -0.39 is 16.0 Å². The zero-order chi connectivity index (χ0) is 12.6. The molecule has 1 N–H and O–H groups in total. The van der Waals surface area contributed by atoms with Crippen LogP contribution in [0, 0.1) is 10.1 Å². The van der Waals surface area contributed by atoms with Crippen molar-refractivity contribution in [3.05, 3.63) is 49.0 Å². The predicted molar refractivity (Wildman–Crippen MR) is 61.2 cm³/mol. The molecule has 1 heterocycles. The Labute approximate surface area is 94.5 Å². The fraction of sp³-hybridized carbons (Fsp3) is 0.200. The first kappa shape index (κ1) is 11.1. The van der Waals surface area contributed by atoms with E-state index in [0.717, 1.165) is 0 Å². The molecule has 17 heavy (non-hydrogen) atoms. The van der Waals surface area contributed by atoms with Crippen LogP contribution in [0.3, 0.4) is 0 Å². The highest BCUT2D eigenvalue weighted by Gasteiger charge is 2.11. The second-order valence-electron chi connectivity index (χ2n) is 3.46. The Bertz CT molecular complexity index is 714. The van der Waals surface area contributed by atoms with Gasteiger partial charge in [-0.15, -0.1) is 0 Å². The van der Waals surface area contributed by atoms with Crippen LogP contribution in [0.15, 0.2) is 27.8 Å². The summed E-state index contributed by atoms with van der Waals surface area (Å²) in [6, 6.07) is 3.97. The molecule has 0 unspecified atom stereocenters. The largest absolute Gasteiger partial charge is 0.316 e. The minimum absolute atomic E-state index is 0.119. The molecule has 0 aliphatic heterocycles. The minimum atomic E-state index is -0.729. The van der Waals surface area contributed by atoms with Gasteiger partial charge in [-0.3, -0.25) is 19.7 Å². The number of nitro benzene ring substituents is 1. The van der Waals surface area contributed by atoms with Crippen molar-refractivity contribution >= 4 is 16.7 Å². The molecule has 7 heteroatoms. The number of nitro groups is 1. The van der Waals surface area contributed by atoms with Crippen LogP contribution >= 0.6 is 0 Å². The molecule has 0 aliphatic rings. The van der Waals surface area contributed by atoms with Crippen molar-refractivity contribution in [2.75, 3.05) is 0 Å². The number of nitrogens with one attached hydrogen (secondary N) is 1. The summed E-state index contributed by atoms with van der Waals surface area (Å²) in [5.41, 5.74) is -0.798. The second kappa shape index (κ2) is 3.85. The smallest absolute Gasteiger partial charge is 0.316 e. The molecule has 0 saturated carbocycles. The number of aryl methyl sites for hydroxylation is 1. The monoisotopic (exact) mass is 235 g/mol. The lowest BCUT2D eigenvalue weighted by Gasteiger charge is -2.06. The summed E-state index contributed by atoms with van der Waals surface area (Å²) < 4.78 is 1.21. The standard InChI is InChI=1S/C10H9N3O4/c1-2-12-8-5-6(13(16)17)3-4-7(8)11-9(14)10(12)15/h3-5H,2H2,1H3,(H,11,14). The summed E-state index contributed by atoms with van der Waals surface area (Å²) in [4.78, 5) is 35.3. The van der Waals surface area contributed by atoms with Crippen molar-refractivity contribution in [2.45, 2.75) is 13.5 Å². The van der Waals surface area contributed by atoms with Gasteiger partial charge in [-0.05, 0) is 13.0 Å². The van der Waals surface area contributed by atoms with E-state index >= 15 is 0 Å². The van der Waals surface area contributed by atoms with Crippen LogP contribution in [0.2, 0.25) is 0 Å². The molecular formula is C10H9N3O4. The van der Waals surface area contributed by atoms with Gasteiger partial charge in [-0.1, -0.05) is 0 Å². The van der Waals surface area contributed by atoms with E-state index in [0.29, 0.717) is 11.0 Å². The molecule has 88 valence electrons. The SMILES string of the molecule is CCn1c(=O)c(=O)[nH]c2ccc([N+](=O)[O-])cc21. The third-order valence-electron chi connectivity index (χ3n) is 2.49. The van der Waals surface area contributed by atoms with Gasteiger partial charge in [0.05, 0.1) is 16.0 Å². The summed E-state index contributed by atoms with van der Waals surface area (Å²) >= 11 is 0. The van der Waals surface area contributed by atoms with Gasteiger partial charge in [-0.25, -0.2) is 0 Å². The maximum absolute atomic E-state index is 11.5. The van der Waals surface area contributed by atoms with Crippen molar-refractivity contribution in [2.24, 2.45) is 0 Å². The quantitative estimate of drug-likeness (QED) is 0.468. The highest BCUT2D eigenvalue weighted by molar-refractivity contribution is 5.77. The van der Waals surface area contributed by atoms with Crippen LogP contribution < -0.4 is 11.1 Å². The van der Waals surface area contributed by atoms with E-state index in [4.69, 9.17) is 0 Å². The molecule has 0 spiro atoms. The number of aromatic amines is 1. The Hall–Kier alpha value is -2.44. The lowest BCUT2D eigenvalue weighted by Crippen LogP contribution is -2.35. The fourth-order valence-corrected chi connectivity index (χ4v) is 1.68. The van der Waals surface area contributed by atoms with Crippen LogP contribution in [-0.2, 0) is 6.54 Å². The average Bonchev–Trinajstić information content (AvgIpc) is 2.30. The molecule has 7 nitrogen and oxygen atoms in total. The molecule has 2 aromatic rings. The lowest BCUT2D eigenvalue weighted by molar-refractivity contribution is -0.384. The summed E-state index contributed by atoms with van der Waals surface area (Å²) in [7, 11) is 0. The summed E-state index contributed by atoms with van der Waals surface area (Å²) in [5.74, 6) is 0. The van der Waals surface area contributed by atoms with Gasteiger partial charge in [0.1, 0.15) is 0 Å². The number of aromatic nitrogens is 2. The van der Waals surface area contributed by atoms with Gasteiger partial charge in [0.15, 0.2) is 0 Å². The first-order chi connectivity index (χ1) is 8.04. The van der Waals surface area contributed by atoms with Gasteiger partial charge in [0, 0.05) is 18.7 Å². The number of benzene rings is 1. The van der Waals surface area contributed by atoms with Gasteiger partial charge >= 0.3 is 11.1 Å². The van der Waals surface area contributed by atoms with Crippen molar-refractivity contribution in [1.82, 2.24) is 9.55 Å². The summed E-state index contributed by atoms with van der Waals surface area (Å²) in [6.45, 7) is 1.97. The van der Waals surface area contributed by atoms with Gasteiger partial charge in [0.25, 0.3) is 5.69 Å². The van der Waals surface area contributed by atoms with Crippen LogP contribution in [0.25, 0.3) is 11.0 Å². The average molecular weight is 235 g/mol. The topological polar surface area (TPSA) is 98.0 Å². The Morgan fingerprint density at radius 1 is 1.41 bits per heavy atom. The van der Waals surface area contributed by atoms with Crippen LogP contribution in [-0.4, -0.2) is 14.5 Å². The van der Waals surface area contributed by atoms with Gasteiger partial charge < -0.3 is 9.55 Å². The molecule has 2 rings (SSSR count). The Balaban J connectivity index is 2.93. The van der Waals surface area contributed by atoms with Crippen molar-refractivity contribution < 1.29 is 4.92 Å². The number of non-ortho nitro benzene ring substituents is 1. The molecule has 0 saturated heterocycles. The number of nitrogens with zero attached hydrogens (tertiary/aromatic N) is 2. The molecule has 0 aliphatic carbocycles. The second-order valence-corrected chi connectivity index (χ2v) is 3.46. The number of fused-ring (bicyclic) bond motifs is 1. The number of hydrogen-bond acceptors (Lipinski definition) is 4. The lowest BCUT2D eigenvalue weighted by atomic mass is 10.2. The van der Waals surface area contributed by atoms with E-state index in [2.05, 4.69) is 4.98 Å². The Morgan fingerprint density at radius 3 is 2.71 bits per heavy atom. The molecule has 0 bridgehead atoms. The summed E-state index contributed by atoms with van der Waals surface area (Å²) in [6.07, 6.45) is 0. The van der Waals surface area contributed by atoms with E-state index in [-0.39, 0.29) is 12.2 Å².